The first kappa shape index (κ1) is 22.4. The summed E-state index contributed by atoms with van der Waals surface area (Å²) in [5.74, 6) is -1.40. The third-order valence-corrected chi connectivity index (χ3v) is 6.73. The number of fused-ring (bicyclic) bond motifs is 1. The molecule has 2 unspecified atom stereocenters. The zero-order chi connectivity index (χ0) is 22.7. The molecular weight excluding hydrogens is 412 g/mol. The van der Waals surface area contributed by atoms with Gasteiger partial charge < -0.3 is 25.7 Å². The molecule has 1 saturated carbocycles. The summed E-state index contributed by atoms with van der Waals surface area (Å²) in [6, 6.07) is 0.198. The van der Waals surface area contributed by atoms with Gasteiger partial charge in [-0.2, -0.15) is 0 Å². The normalized spacial score (nSPS) is 21.8. The molecule has 1 aliphatic heterocycles. The van der Waals surface area contributed by atoms with Crippen molar-refractivity contribution < 1.29 is 23.9 Å². The van der Waals surface area contributed by atoms with Crippen LogP contribution < -0.4 is 16.0 Å². The van der Waals surface area contributed by atoms with E-state index in [4.69, 9.17) is 4.74 Å². The Morgan fingerprint density at radius 1 is 1.09 bits per heavy atom. The van der Waals surface area contributed by atoms with Crippen molar-refractivity contribution >= 4 is 23.7 Å². The highest BCUT2D eigenvalue weighted by Gasteiger charge is 2.36. The van der Waals surface area contributed by atoms with Gasteiger partial charge in [0.1, 0.15) is 17.8 Å². The summed E-state index contributed by atoms with van der Waals surface area (Å²) < 4.78 is 4.85. The molecule has 3 atom stereocenters. The first-order chi connectivity index (χ1) is 15.4. The minimum absolute atomic E-state index is 0.119. The highest BCUT2D eigenvalue weighted by Crippen LogP contribution is 2.33. The van der Waals surface area contributed by atoms with Crippen LogP contribution in [0.15, 0.2) is 6.07 Å². The lowest BCUT2D eigenvalue weighted by molar-refractivity contribution is -0.146. The monoisotopic (exact) mass is 444 g/mol. The minimum atomic E-state index is -0.933. The van der Waals surface area contributed by atoms with Gasteiger partial charge in [0.05, 0.1) is 7.11 Å². The van der Waals surface area contributed by atoms with Gasteiger partial charge in [-0.1, -0.05) is 12.8 Å². The summed E-state index contributed by atoms with van der Waals surface area (Å²) in [7, 11) is 1.26. The molecule has 1 aromatic heterocycles. The Balaban J connectivity index is 1.43. The molecule has 32 heavy (non-hydrogen) atoms. The van der Waals surface area contributed by atoms with Crippen LogP contribution in [0.5, 0.6) is 0 Å². The van der Waals surface area contributed by atoms with Crippen molar-refractivity contribution in [3.05, 3.63) is 23.0 Å². The molecule has 0 aromatic carbocycles. The van der Waals surface area contributed by atoms with Gasteiger partial charge in [0.15, 0.2) is 0 Å². The molecular formula is C23H32N4O5. The van der Waals surface area contributed by atoms with Crippen molar-refractivity contribution in [1.29, 1.82) is 0 Å². The molecule has 2 heterocycles. The average molecular weight is 445 g/mol. The van der Waals surface area contributed by atoms with E-state index in [1.54, 1.807) is 0 Å². The lowest BCUT2D eigenvalue weighted by Gasteiger charge is -2.23. The summed E-state index contributed by atoms with van der Waals surface area (Å²) in [4.78, 5) is 53.5. The van der Waals surface area contributed by atoms with Crippen LogP contribution in [0.2, 0.25) is 0 Å². The van der Waals surface area contributed by atoms with E-state index in [1.165, 1.54) is 12.7 Å². The molecule has 9 heteroatoms. The average Bonchev–Trinajstić information content (AvgIpc) is 3.35. The molecule has 4 N–H and O–H groups in total. The second-order valence-electron chi connectivity index (χ2n) is 9.20. The van der Waals surface area contributed by atoms with Crippen LogP contribution in [0.3, 0.4) is 0 Å². The molecule has 1 aromatic rings. The van der Waals surface area contributed by atoms with E-state index in [0.717, 1.165) is 44.2 Å². The Morgan fingerprint density at radius 3 is 2.53 bits per heavy atom. The first-order valence-electron chi connectivity index (χ1n) is 11.6. The third-order valence-electron chi connectivity index (χ3n) is 6.73. The smallest absolute Gasteiger partial charge is 0.328 e. The number of carbonyl (C=O) groups excluding carboxylic acids is 4. The molecule has 0 radical (unpaired) electrons. The molecule has 2 fully saturated rings. The number of aromatic nitrogens is 1. The van der Waals surface area contributed by atoms with Crippen molar-refractivity contribution in [2.75, 3.05) is 13.7 Å². The van der Waals surface area contributed by atoms with Gasteiger partial charge in [0.25, 0.3) is 5.91 Å². The maximum absolute atomic E-state index is 13.1. The molecule has 3 aliphatic rings. The first-order valence-corrected chi connectivity index (χ1v) is 11.6. The van der Waals surface area contributed by atoms with E-state index >= 15 is 0 Å². The molecule has 0 bridgehead atoms. The van der Waals surface area contributed by atoms with Gasteiger partial charge in [-0.25, -0.2) is 4.79 Å². The van der Waals surface area contributed by atoms with Gasteiger partial charge in [0, 0.05) is 18.2 Å². The largest absolute Gasteiger partial charge is 0.467 e. The second kappa shape index (κ2) is 9.75. The van der Waals surface area contributed by atoms with Crippen LogP contribution in [0.1, 0.15) is 66.7 Å². The van der Waals surface area contributed by atoms with E-state index < -0.39 is 24.0 Å². The summed E-state index contributed by atoms with van der Waals surface area (Å²) >= 11 is 0. The van der Waals surface area contributed by atoms with Crippen molar-refractivity contribution in [1.82, 2.24) is 20.9 Å². The number of H-pyrrole nitrogens is 1. The molecule has 4 rings (SSSR count). The molecule has 174 valence electrons. The lowest BCUT2D eigenvalue weighted by Crippen LogP contribution is -2.52. The molecule has 3 amide bonds. The summed E-state index contributed by atoms with van der Waals surface area (Å²) in [5.41, 5.74) is 2.74. The molecule has 9 nitrogen and oxygen atoms in total. The molecule has 0 spiro atoms. The fraction of sp³-hybridized carbons (Fsp3) is 0.652. The predicted molar refractivity (Wildman–Crippen MR) is 116 cm³/mol. The van der Waals surface area contributed by atoms with Gasteiger partial charge in [-0.05, 0) is 62.5 Å². The van der Waals surface area contributed by atoms with E-state index in [2.05, 4.69) is 20.9 Å². The number of amides is 3. The molecule has 2 aliphatic carbocycles. The Hall–Kier alpha value is -2.84. The zero-order valence-corrected chi connectivity index (χ0v) is 18.5. The van der Waals surface area contributed by atoms with E-state index in [0.29, 0.717) is 31.0 Å². The van der Waals surface area contributed by atoms with Crippen LogP contribution in [-0.2, 0) is 32.0 Å². The number of aryl methyl sites for hydroxylation is 2. The van der Waals surface area contributed by atoms with Gasteiger partial charge >= 0.3 is 5.97 Å². The number of hydrogen-bond acceptors (Lipinski definition) is 5. The minimum Gasteiger partial charge on any atom is -0.467 e. The quantitative estimate of drug-likeness (QED) is 0.422. The third kappa shape index (κ3) is 5.31. The highest BCUT2D eigenvalue weighted by atomic mass is 16.5. The van der Waals surface area contributed by atoms with E-state index in [-0.39, 0.29) is 24.2 Å². The Bertz CT molecular complexity index is 867. The summed E-state index contributed by atoms with van der Waals surface area (Å²) in [6.07, 6.45) is 7.49. The van der Waals surface area contributed by atoms with Crippen LogP contribution in [0, 0.1) is 11.8 Å². The number of nitrogens with one attached hydrogen (secondary N) is 4. The Kier molecular flexibility index (Phi) is 6.81. The number of ether oxygens (including phenoxy) is 1. The number of methoxy groups -OCH3 is 1. The van der Waals surface area contributed by atoms with E-state index in [1.807, 2.05) is 6.07 Å². The SMILES string of the molecule is COC(=O)C(C[C@@H]1CCNC1=O)NC(=O)C(CC1CC1)NC(=O)c1cc2c([nH]1)CCCC2. The maximum atomic E-state index is 13.1. The fourth-order valence-electron chi connectivity index (χ4n) is 4.66. The van der Waals surface area contributed by atoms with Crippen molar-refractivity contribution in [2.24, 2.45) is 11.8 Å². The van der Waals surface area contributed by atoms with Crippen LogP contribution in [0.25, 0.3) is 0 Å². The topological polar surface area (TPSA) is 129 Å². The number of esters is 1. The lowest BCUT2D eigenvalue weighted by atomic mass is 9.97. The Morgan fingerprint density at radius 2 is 1.88 bits per heavy atom. The van der Waals surface area contributed by atoms with E-state index in [9.17, 15) is 19.2 Å². The number of rotatable bonds is 9. The van der Waals surface area contributed by atoms with Crippen LogP contribution in [-0.4, -0.2) is 54.4 Å². The predicted octanol–water partition coefficient (Wildman–Crippen LogP) is 0.976. The van der Waals surface area contributed by atoms with Gasteiger partial charge in [-0.15, -0.1) is 0 Å². The number of aromatic amines is 1. The van der Waals surface area contributed by atoms with Crippen molar-refractivity contribution in [3.63, 3.8) is 0 Å². The fourth-order valence-corrected chi connectivity index (χ4v) is 4.66. The zero-order valence-electron chi connectivity index (χ0n) is 18.5. The summed E-state index contributed by atoms with van der Waals surface area (Å²) in [5, 5.41) is 8.34. The standard InChI is InChI=1S/C23H32N4O5/c1-32-23(31)19(12-15-8-9-24-20(15)28)27-21(29)17(10-13-6-7-13)26-22(30)18-11-14-4-2-3-5-16(14)25-18/h11,13,15,17,19,25H,2-10,12H2,1H3,(H,24,28)(H,26,30)(H,27,29)/t15-,17?,19?/m0/s1. The van der Waals surface area contributed by atoms with Crippen LogP contribution in [0.4, 0.5) is 0 Å². The molecule has 1 saturated heterocycles. The maximum Gasteiger partial charge on any atom is 0.328 e. The number of hydrogen-bond donors (Lipinski definition) is 4. The van der Waals surface area contributed by atoms with Crippen molar-refractivity contribution in [2.45, 2.75) is 69.9 Å². The van der Waals surface area contributed by atoms with Crippen LogP contribution >= 0.6 is 0 Å². The van der Waals surface area contributed by atoms with Gasteiger partial charge in [0.2, 0.25) is 11.8 Å². The number of carbonyl (C=O) groups is 4. The highest BCUT2D eigenvalue weighted by molar-refractivity contribution is 5.97. The summed E-state index contributed by atoms with van der Waals surface area (Å²) in [6.45, 7) is 0.561. The van der Waals surface area contributed by atoms with Gasteiger partial charge in [-0.3, -0.25) is 14.4 Å². The Labute approximate surface area is 187 Å². The second-order valence-corrected chi connectivity index (χ2v) is 9.20. The van der Waals surface area contributed by atoms with Crippen molar-refractivity contribution in [3.8, 4) is 0 Å².